The molecular weight excluding hydrogens is 613 g/mol. The van der Waals surface area contributed by atoms with Crippen LogP contribution in [0.2, 0.25) is 0 Å². The van der Waals surface area contributed by atoms with Gasteiger partial charge in [0.1, 0.15) is 0 Å². The first-order chi connectivity index (χ1) is 25.0. The molecule has 0 aromatic heterocycles. The maximum absolute atomic E-state index is 2.45. The molecule has 0 radical (unpaired) electrons. The lowest BCUT2D eigenvalue weighted by Crippen LogP contribution is -2.20. The van der Waals surface area contributed by atoms with E-state index in [0.29, 0.717) is 23.7 Å². The molecule has 242 valence electrons. The molecular formula is C51H38. The molecule has 11 rings (SSSR count). The third-order valence-electron chi connectivity index (χ3n) is 12.7. The molecule has 4 unspecified atom stereocenters. The van der Waals surface area contributed by atoms with Crippen molar-refractivity contribution in [1.82, 2.24) is 0 Å². The Bertz CT molecular complexity index is 2680. The third kappa shape index (κ3) is 4.14. The zero-order chi connectivity index (χ0) is 33.8. The third-order valence-corrected chi connectivity index (χ3v) is 12.7. The molecule has 5 aliphatic carbocycles. The van der Waals surface area contributed by atoms with Gasteiger partial charge in [-0.2, -0.15) is 0 Å². The number of hydrogen-bond donors (Lipinski definition) is 0. The van der Waals surface area contributed by atoms with Gasteiger partial charge in [-0.15, -0.1) is 0 Å². The van der Waals surface area contributed by atoms with Crippen LogP contribution in [-0.4, -0.2) is 0 Å². The van der Waals surface area contributed by atoms with Gasteiger partial charge in [0.25, 0.3) is 0 Å². The van der Waals surface area contributed by atoms with Crippen LogP contribution in [0.5, 0.6) is 0 Å². The van der Waals surface area contributed by atoms with Gasteiger partial charge < -0.3 is 0 Å². The van der Waals surface area contributed by atoms with Gasteiger partial charge in [0.05, 0.1) is 0 Å². The second kappa shape index (κ2) is 10.6. The highest BCUT2D eigenvalue weighted by Crippen LogP contribution is 2.57. The molecule has 1 fully saturated rings. The molecule has 0 spiro atoms. The van der Waals surface area contributed by atoms with Crippen LogP contribution in [0, 0.1) is 23.7 Å². The summed E-state index contributed by atoms with van der Waals surface area (Å²) in [7, 11) is 0. The highest BCUT2D eigenvalue weighted by molar-refractivity contribution is 6.05. The van der Waals surface area contributed by atoms with Gasteiger partial charge in [0, 0.05) is 29.1 Å². The Morgan fingerprint density at radius 3 is 1.84 bits per heavy atom. The van der Waals surface area contributed by atoms with Crippen molar-refractivity contribution in [1.29, 1.82) is 0 Å². The molecule has 0 nitrogen and oxygen atoms in total. The van der Waals surface area contributed by atoms with Crippen molar-refractivity contribution in [2.45, 2.75) is 19.3 Å². The van der Waals surface area contributed by atoms with Gasteiger partial charge in [0.15, 0.2) is 0 Å². The molecule has 0 heteroatoms. The van der Waals surface area contributed by atoms with Crippen LogP contribution in [-0.2, 0) is 5.41 Å². The Kier molecular flexibility index (Phi) is 6.06. The average Bonchev–Trinajstić information content (AvgIpc) is 3.63. The van der Waals surface area contributed by atoms with Crippen LogP contribution in [0.3, 0.4) is 0 Å². The fraction of sp³-hybridized carbons (Fsp3) is 0.137. The maximum atomic E-state index is 2.45. The molecule has 1 saturated carbocycles. The Morgan fingerprint density at radius 1 is 0.431 bits per heavy atom. The van der Waals surface area contributed by atoms with Crippen LogP contribution in [0.25, 0.3) is 60.5 Å². The van der Waals surface area contributed by atoms with E-state index >= 15 is 0 Å². The van der Waals surface area contributed by atoms with Crippen molar-refractivity contribution in [3.05, 3.63) is 198 Å². The minimum absolute atomic E-state index is 0.00348. The number of hydrogen-bond acceptors (Lipinski definition) is 0. The lowest BCUT2D eigenvalue weighted by molar-refractivity contribution is 0.623. The molecule has 5 aliphatic rings. The van der Waals surface area contributed by atoms with E-state index < -0.39 is 0 Å². The first-order valence-electron chi connectivity index (χ1n) is 18.5. The highest BCUT2D eigenvalue weighted by Gasteiger charge is 2.46. The van der Waals surface area contributed by atoms with Gasteiger partial charge in [-0.05, 0) is 95.4 Å². The van der Waals surface area contributed by atoms with Crippen molar-refractivity contribution < 1.29 is 0 Å². The van der Waals surface area contributed by atoms with Crippen molar-refractivity contribution in [2.24, 2.45) is 23.7 Å². The topological polar surface area (TPSA) is 0 Å². The van der Waals surface area contributed by atoms with Gasteiger partial charge in [-0.25, -0.2) is 0 Å². The fourth-order valence-electron chi connectivity index (χ4n) is 10.2. The second-order valence-corrected chi connectivity index (χ2v) is 15.6. The summed E-state index contributed by atoms with van der Waals surface area (Å²) in [5.74, 6) is 1.82. The summed E-state index contributed by atoms with van der Waals surface area (Å²) >= 11 is 0. The summed E-state index contributed by atoms with van der Waals surface area (Å²) in [6.45, 7) is 4.71. The molecule has 0 amide bonds. The van der Waals surface area contributed by atoms with E-state index in [-0.39, 0.29) is 5.41 Å². The summed E-state index contributed by atoms with van der Waals surface area (Å²) in [6, 6.07) is 43.6. The number of benzene rings is 6. The van der Waals surface area contributed by atoms with E-state index in [1.165, 1.54) is 77.2 Å². The van der Waals surface area contributed by atoms with Gasteiger partial charge >= 0.3 is 0 Å². The van der Waals surface area contributed by atoms with Crippen LogP contribution >= 0.6 is 0 Å². The molecule has 6 aromatic carbocycles. The van der Waals surface area contributed by atoms with Crippen LogP contribution in [0.4, 0.5) is 0 Å². The van der Waals surface area contributed by atoms with Crippen LogP contribution in [0.1, 0.15) is 30.5 Å². The predicted octanol–water partition coefficient (Wildman–Crippen LogP) is 13.1. The highest BCUT2D eigenvalue weighted by atomic mass is 14.5. The Morgan fingerprint density at radius 2 is 1.02 bits per heavy atom. The average molecular weight is 651 g/mol. The van der Waals surface area contributed by atoms with Crippen molar-refractivity contribution in [3.8, 4) is 33.4 Å². The van der Waals surface area contributed by atoms with E-state index in [1.807, 2.05) is 0 Å². The van der Waals surface area contributed by atoms with E-state index in [0.717, 1.165) is 0 Å². The largest absolute Gasteiger partial charge is 0.0764 e. The Balaban J connectivity index is 0.955. The maximum Gasteiger partial charge on any atom is 0.0159 e. The molecule has 0 saturated heterocycles. The predicted molar refractivity (Wildman–Crippen MR) is 215 cm³/mol. The van der Waals surface area contributed by atoms with E-state index in [9.17, 15) is 0 Å². The summed E-state index contributed by atoms with van der Waals surface area (Å²) in [5.41, 5.74) is 16.6. The fourth-order valence-corrected chi connectivity index (χ4v) is 10.2. The second-order valence-electron chi connectivity index (χ2n) is 15.6. The first kappa shape index (κ1) is 29.1. The summed E-state index contributed by atoms with van der Waals surface area (Å²) in [4.78, 5) is 0. The zero-order valence-corrected chi connectivity index (χ0v) is 29.0. The first-order valence-corrected chi connectivity index (χ1v) is 18.5. The van der Waals surface area contributed by atoms with Crippen molar-refractivity contribution in [2.75, 3.05) is 0 Å². The number of allylic oxidation sites excluding steroid dienone is 12. The van der Waals surface area contributed by atoms with E-state index in [4.69, 9.17) is 0 Å². The van der Waals surface area contributed by atoms with Crippen molar-refractivity contribution in [3.63, 3.8) is 0 Å². The molecule has 0 N–H and O–H groups in total. The quantitative estimate of drug-likeness (QED) is 0.179. The van der Waals surface area contributed by atoms with Crippen LogP contribution in [0.15, 0.2) is 181 Å². The number of fused-ring (bicyclic) bond motifs is 8. The smallest absolute Gasteiger partial charge is 0.0159 e. The molecule has 6 aromatic rings. The van der Waals surface area contributed by atoms with Gasteiger partial charge in [0.2, 0.25) is 0 Å². The Labute approximate surface area is 300 Å². The normalized spacial score (nSPS) is 23.0. The molecule has 51 heavy (non-hydrogen) atoms. The molecule has 0 heterocycles. The SMILES string of the molecule is CC1(C)c2ccccc2-c2ccc(-c3ccc4cc(-c5ccc(C6=CC=C7C8C=CC=CC8C8=CC=CC6C87)c6ccccc56)ccc4c3)cc21. The number of rotatable bonds is 3. The zero-order valence-electron chi connectivity index (χ0n) is 29.0. The molecule has 4 atom stereocenters. The standard InChI is InChI=1S/C51H38/c1-51(2)48-17-8-7-14-43(48)44-23-22-34(30-49(44)51)32-18-19-33-29-35(21-20-31(33)28-32)36-24-25-41(38-11-4-3-10-37(36)38)42-26-27-47-40-13-6-5-12-39(40)45-15-9-16-46(42)50(45)47/h3-30,39-40,46,50H,1-2H3. The van der Waals surface area contributed by atoms with E-state index in [1.54, 1.807) is 11.1 Å². The van der Waals surface area contributed by atoms with Crippen molar-refractivity contribution >= 4 is 27.1 Å². The minimum atomic E-state index is -0.00348. The van der Waals surface area contributed by atoms with Gasteiger partial charge in [-0.3, -0.25) is 0 Å². The lowest BCUT2D eigenvalue weighted by atomic mass is 9.71. The summed E-state index contributed by atoms with van der Waals surface area (Å²) < 4.78 is 0. The molecule has 0 aliphatic heterocycles. The monoisotopic (exact) mass is 650 g/mol. The summed E-state index contributed by atoms with van der Waals surface area (Å²) in [6.07, 6.45) is 21.3. The summed E-state index contributed by atoms with van der Waals surface area (Å²) in [5, 5.41) is 5.17. The minimum Gasteiger partial charge on any atom is -0.0764 e. The Hall–Kier alpha value is -5.72. The van der Waals surface area contributed by atoms with Crippen LogP contribution < -0.4 is 0 Å². The van der Waals surface area contributed by atoms with E-state index in [2.05, 4.69) is 184 Å². The molecule has 0 bridgehead atoms. The lowest BCUT2D eigenvalue weighted by Gasteiger charge is -2.32. The van der Waals surface area contributed by atoms with Gasteiger partial charge in [-0.1, -0.05) is 177 Å².